The maximum absolute atomic E-state index is 12.7. The highest BCUT2D eigenvalue weighted by atomic mass is 32.1. The Balaban J connectivity index is 2.14. The SMILES string of the molecule is CCN(CC(C)C(=O)OC)C(=O)c1csc(-c2ccc(C(C)C)cc2)n1. The highest BCUT2D eigenvalue weighted by Gasteiger charge is 2.23. The van der Waals surface area contributed by atoms with Crippen LogP contribution in [0.5, 0.6) is 0 Å². The molecule has 0 saturated carbocycles. The Morgan fingerprint density at radius 2 is 1.85 bits per heavy atom. The molecule has 0 aliphatic heterocycles. The first-order valence-electron chi connectivity index (χ1n) is 8.80. The molecule has 1 heterocycles. The highest BCUT2D eigenvalue weighted by Crippen LogP contribution is 2.26. The van der Waals surface area contributed by atoms with Gasteiger partial charge in [-0.1, -0.05) is 45.0 Å². The van der Waals surface area contributed by atoms with Gasteiger partial charge < -0.3 is 9.64 Å². The molecule has 0 aliphatic carbocycles. The Morgan fingerprint density at radius 3 is 2.38 bits per heavy atom. The van der Waals surface area contributed by atoms with Gasteiger partial charge in [-0.25, -0.2) is 4.98 Å². The van der Waals surface area contributed by atoms with E-state index in [1.54, 1.807) is 17.2 Å². The van der Waals surface area contributed by atoms with Crippen molar-refractivity contribution in [1.29, 1.82) is 0 Å². The highest BCUT2D eigenvalue weighted by molar-refractivity contribution is 7.13. The van der Waals surface area contributed by atoms with Crippen LogP contribution in [-0.2, 0) is 9.53 Å². The largest absolute Gasteiger partial charge is 0.469 e. The summed E-state index contributed by atoms with van der Waals surface area (Å²) in [5.41, 5.74) is 2.69. The van der Waals surface area contributed by atoms with Gasteiger partial charge in [0.05, 0.1) is 13.0 Å². The molecule has 0 bridgehead atoms. The fourth-order valence-electron chi connectivity index (χ4n) is 2.64. The van der Waals surface area contributed by atoms with Crippen LogP contribution in [0, 0.1) is 5.92 Å². The lowest BCUT2D eigenvalue weighted by Crippen LogP contribution is -2.37. The van der Waals surface area contributed by atoms with E-state index in [9.17, 15) is 9.59 Å². The average Bonchev–Trinajstić information content (AvgIpc) is 3.14. The van der Waals surface area contributed by atoms with Crippen molar-refractivity contribution in [2.75, 3.05) is 20.2 Å². The van der Waals surface area contributed by atoms with Crippen LogP contribution in [0.4, 0.5) is 0 Å². The summed E-state index contributed by atoms with van der Waals surface area (Å²) in [6.07, 6.45) is 0. The molecule has 1 atom stereocenters. The summed E-state index contributed by atoms with van der Waals surface area (Å²) in [4.78, 5) is 30.5. The second-order valence-electron chi connectivity index (χ2n) is 6.58. The maximum atomic E-state index is 12.7. The van der Waals surface area contributed by atoms with Crippen molar-refractivity contribution < 1.29 is 14.3 Å². The lowest BCUT2D eigenvalue weighted by molar-refractivity contribution is -0.145. The van der Waals surface area contributed by atoms with E-state index in [1.165, 1.54) is 24.0 Å². The Hall–Kier alpha value is -2.21. The second-order valence-corrected chi connectivity index (χ2v) is 7.44. The van der Waals surface area contributed by atoms with Crippen molar-refractivity contribution in [2.24, 2.45) is 5.92 Å². The number of thiazole rings is 1. The first-order chi connectivity index (χ1) is 12.4. The molecule has 1 amide bonds. The van der Waals surface area contributed by atoms with Crippen LogP contribution in [-0.4, -0.2) is 42.0 Å². The molecule has 2 rings (SSSR count). The molecule has 5 nitrogen and oxygen atoms in total. The predicted molar refractivity (Wildman–Crippen MR) is 104 cm³/mol. The van der Waals surface area contributed by atoms with Crippen LogP contribution in [0.3, 0.4) is 0 Å². The van der Waals surface area contributed by atoms with Gasteiger partial charge in [-0.2, -0.15) is 0 Å². The van der Waals surface area contributed by atoms with Crippen LogP contribution >= 0.6 is 11.3 Å². The van der Waals surface area contributed by atoms with Crippen LogP contribution < -0.4 is 0 Å². The smallest absolute Gasteiger partial charge is 0.310 e. The van der Waals surface area contributed by atoms with Crippen LogP contribution in [0.25, 0.3) is 10.6 Å². The monoisotopic (exact) mass is 374 g/mol. The molecule has 0 radical (unpaired) electrons. The Labute approximate surface area is 159 Å². The fraction of sp³-hybridized carbons (Fsp3) is 0.450. The van der Waals surface area contributed by atoms with Gasteiger partial charge in [0.15, 0.2) is 0 Å². The Kier molecular flexibility index (Phi) is 6.91. The molecule has 1 unspecified atom stereocenters. The number of methoxy groups -OCH3 is 1. The number of carbonyl (C=O) groups excluding carboxylic acids is 2. The van der Waals surface area contributed by atoms with E-state index in [0.29, 0.717) is 24.7 Å². The number of nitrogens with zero attached hydrogens (tertiary/aromatic N) is 2. The van der Waals surface area contributed by atoms with E-state index in [2.05, 4.69) is 31.0 Å². The van der Waals surface area contributed by atoms with Gasteiger partial charge in [0.25, 0.3) is 5.91 Å². The normalized spacial score (nSPS) is 12.1. The van der Waals surface area contributed by atoms with E-state index in [4.69, 9.17) is 4.74 Å². The summed E-state index contributed by atoms with van der Waals surface area (Å²) >= 11 is 1.45. The number of ether oxygens (including phenoxy) is 1. The third-order valence-electron chi connectivity index (χ3n) is 4.31. The molecule has 0 fully saturated rings. The van der Waals surface area contributed by atoms with Crippen LogP contribution in [0.2, 0.25) is 0 Å². The molecular weight excluding hydrogens is 348 g/mol. The van der Waals surface area contributed by atoms with E-state index < -0.39 is 0 Å². The summed E-state index contributed by atoms with van der Waals surface area (Å²) in [6, 6.07) is 8.28. The van der Waals surface area contributed by atoms with Crippen LogP contribution in [0.1, 0.15) is 49.7 Å². The molecule has 140 valence electrons. The molecule has 1 aromatic carbocycles. The number of rotatable bonds is 7. The van der Waals surface area contributed by atoms with Crippen molar-refractivity contribution in [3.8, 4) is 10.6 Å². The number of aromatic nitrogens is 1. The first kappa shape index (κ1) is 20.1. The van der Waals surface area contributed by atoms with E-state index in [-0.39, 0.29) is 17.8 Å². The number of hydrogen-bond donors (Lipinski definition) is 0. The van der Waals surface area contributed by atoms with E-state index >= 15 is 0 Å². The number of benzene rings is 1. The summed E-state index contributed by atoms with van der Waals surface area (Å²) in [6.45, 7) is 8.78. The third-order valence-corrected chi connectivity index (χ3v) is 5.21. The topological polar surface area (TPSA) is 59.5 Å². The standard InChI is InChI=1S/C20H26N2O3S/c1-6-22(11-14(4)20(24)25-5)19(23)17-12-26-18(21-17)16-9-7-15(8-10-16)13(2)3/h7-10,12-14H,6,11H2,1-5H3. The zero-order valence-electron chi connectivity index (χ0n) is 16.0. The molecule has 0 N–H and O–H groups in total. The zero-order chi connectivity index (χ0) is 19.3. The Morgan fingerprint density at radius 1 is 1.19 bits per heavy atom. The molecule has 26 heavy (non-hydrogen) atoms. The second kappa shape index (κ2) is 8.94. The van der Waals surface area contributed by atoms with Crippen molar-refractivity contribution in [3.63, 3.8) is 0 Å². The van der Waals surface area contributed by atoms with E-state index in [1.807, 2.05) is 19.1 Å². The number of esters is 1. The van der Waals surface area contributed by atoms with Gasteiger partial charge in [0.2, 0.25) is 0 Å². The zero-order valence-corrected chi connectivity index (χ0v) is 16.8. The summed E-state index contributed by atoms with van der Waals surface area (Å²) in [7, 11) is 1.36. The molecule has 1 aromatic heterocycles. The van der Waals surface area contributed by atoms with Gasteiger partial charge in [-0.3, -0.25) is 9.59 Å². The first-order valence-corrected chi connectivity index (χ1v) is 9.68. The van der Waals surface area contributed by atoms with Gasteiger partial charge in [0.1, 0.15) is 10.7 Å². The van der Waals surface area contributed by atoms with Gasteiger partial charge >= 0.3 is 5.97 Å². The summed E-state index contributed by atoms with van der Waals surface area (Å²) in [5, 5.41) is 2.60. The van der Waals surface area contributed by atoms with Gasteiger partial charge in [-0.15, -0.1) is 11.3 Å². The van der Waals surface area contributed by atoms with Crippen molar-refractivity contribution in [1.82, 2.24) is 9.88 Å². The predicted octanol–water partition coefficient (Wildman–Crippen LogP) is 4.20. The number of amides is 1. The van der Waals surface area contributed by atoms with E-state index in [0.717, 1.165) is 10.6 Å². The summed E-state index contributed by atoms with van der Waals surface area (Å²) < 4.78 is 4.74. The lowest BCUT2D eigenvalue weighted by atomic mass is 10.0. The molecule has 2 aromatic rings. The van der Waals surface area contributed by atoms with Crippen molar-refractivity contribution in [2.45, 2.75) is 33.6 Å². The van der Waals surface area contributed by atoms with Crippen molar-refractivity contribution in [3.05, 3.63) is 40.9 Å². The molecular formula is C20H26N2O3S. The van der Waals surface area contributed by atoms with Crippen LogP contribution in [0.15, 0.2) is 29.6 Å². The number of carbonyl (C=O) groups is 2. The molecule has 0 spiro atoms. The fourth-order valence-corrected chi connectivity index (χ4v) is 3.44. The van der Waals surface area contributed by atoms with Crippen molar-refractivity contribution >= 4 is 23.2 Å². The maximum Gasteiger partial charge on any atom is 0.310 e. The Bertz CT molecular complexity index is 753. The lowest BCUT2D eigenvalue weighted by Gasteiger charge is -2.22. The quantitative estimate of drug-likeness (QED) is 0.681. The minimum absolute atomic E-state index is 0.162. The average molecular weight is 375 g/mol. The molecule has 0 aliphatic rings. The summed E-state index contributed by atoms with van der Waals surface area (Å²) in [5.74, 6) is -0.372. The van der Waals surface area contributed by atoms with Gasteiger partial charge in [0, 0.05) is 24.0 Å². The molecule has 0 saturated heterocycles. The minimum Gasteiger partial charge on any atom is -0.469 e. The third kappa shape index (κ3) is 4.69. The number of hydrogen-bond acceptors (Lipinski definition) is 5. The molecule has 6 heteroatoms. The minimum atomic E-state index is -0.370. The van der Waals surface area contributed by atoms with Gasteiger partial charge in [-0.05, 0) is 18.4 Å².